The van der Waals surface area contributed by atoms with Crippen molar-refractivity contribution in [3.63, 3.8) is 0 Å². The van der Waals surface area contributed by atoms with Gasteiger partial charge in [-0.25, -0.2) is 0 Å². The van der Waals surface area contributed by atoms with Crippen molar-refractivity contribution in [3.05, 3.63) is 142 Å². The minimum Gasteiger partial charge on any atom is -0.361 e. The summed E-state index contributed by atoms with van der Waals surface area (Å²) in [6.45, 7) is 10.8. The van der Waals surface area contributed by atoms with Crippen LogP contribution in [0.15, 0.2) is 109 Å². The van der Waals surface area contributed by atoms with Gasteiger partial charge in [-0.05, 0) is 104 Å². The summed E-state index contributed by atoms with van der Waals surface area (Å²) in [6.07, 6.45) is 12.1. The molecule has 4 heterocycles. The van der Waals surface area contributed by atoms with Gasteiger partial charge in [-0.3, -0.25) is 19.4 Å². The third kappa shape index (κ3) is 8.90. The zero-order chi connectivity index (χ0) is 38.3. The van der Waals surface area contributed by atoms with Crippen LogP contribution in [-0.4, -0.2) is 70.9 Å². The molecule has 55 heavy (non-hydrogen) atoms. The summed E-state index contributed by atoms with van der Waals surface area (Å²) < 4.78 is 0. The van der Waals surface area contributed by atoms with Crippen molar-refractivity contribution in [1.29, 1.82) is 0 Å². The Morgan fingerprint density at radius 1 is 0.655 bits per heavy atom. The number of nitrogens with one attached hydrogen (secondary N) is 4. The molecule has 10 heteroatoms. The van der Waals surface area contributed by atoms with E-state index < -0.39 is 0 Å². The zero-order valence-corrected chi connectivity index (χ0v) is 32.7. The number of hydrogen-bond donors (Lipinski definition) is 4. The first kappa shape index (κ1) is 38.2. The van der Waals surface area contributed by atoms with E-state index in [9.17, 15) is 9.59 Å². The summed E-state index contributed by atoms with van der Waals surface area (Å²) >= 11 is 12.3. The number of benzene rings is 4. The molecule has 282 valence electrons. The number of rotatable bonds is 9. The summed E-state index contributed by atoms with van der Waals surface area (Å²) in [6, 6.07) is 26.0. The lowest BCUT2D eigenvalue weighted by Crippen LogP contribution is -2.29. The molecule has 2 aromatic heterocycles. The van der Waals surface area contributed by atoms with Crippen molar-refractivity contribution in [2.45, 2.75) is 33.1 Å². The highest BCUT2D eigenvalue weighted by atomic mass is 35.5. The van der Waals surface area contributed by atoms with E-state index in [-0.39, 0.29) is 11.8 Å². The quantitative estimate of drug-likeness (QED) is 0.118. The average Bonchev–Trinajstić information content (AvgIpc) is 3.83. The lowest BCUT2D eigenvalue weighted by Gasteiger charge is -2.25. The van der Waals surface area contributed by atoms with Crippen LogP contribution in [0.3, 0.4) is 0 Å². The highest BCUT2D eigenvalue weighted by Crippen LogP contribution is 2.33. The summed E-state index contributed by atoms with van der Waals surface area (Å²) in [5.74, 6) is -0.401. The highest BCUT2D eigenvalue weighted by Gasteiger charge is 2.18. The normalized spacial score (nSPS) is 14.9. The Morgan fingerprint density at radius 3 is 1.55 bits per heavy atom. The van der Waals surface area contributed by atoms with Gasteiger partial charge in [0.2, 0.25) is 0 Å². The number of hydrogen-bond acceptors (Lipinski definition) is 4. The number of anilines is 2. The molecule has 6 aromatic rings. The van der Waals surface area contributed by atoms with E-state index >= 15 is 0 Å². The van der Waals surface area contributed by atoms with Crippen molar-refractivity contribution in [2.24, 2.45) is 0 Å². The van der Waals surface area contributed by atoms with Crippen LogP contribution >= 0.6 is 23.2 Å². The molecule has 2 amide bonds. The van der Waals surface area contributed by atoms with Crippen LogP contribution in [0.4, 0.5) is 11.4 Å². The maximum absolute atomic E-state index is 12.6. The average molecular weight is 774 g/mol. The summed E-state index contributed by atoms with van der Waals surface area (Å²) in [5.41, 5.74) is 9.79. The van der Waals surface area contributed by atoms with Gasteiger partial charge in [-0.1, -0.05) is 73.5 Å². The first-order chi connectivity index (χ1) is 26.8. The van der Waals surface area contributed by atoms with Gasteiger partial charge in [0.05, 0.1) is 21.2 Å². The van der Waals surface area contributed by atoms with Gasteiger partial charge in [0, 0.05) is 82.9 Å². The van der Waals surface area contributed by atoms with E-state index in [1.807, 2.05) is 60.7 Å². The molecule has 4 aromatic carbocycles. The maximum Gasteiger partial charge on any atom is 0.257 e. The molecular weight excluding hydrogens is 727 g/mol. The minimum atomic E-state index is -0.201. The molecule has 0 bridgehead atoms. The number of aromatic amines is 2. The molecule has 0 fully saturated rings. The maximum atomic E-state index is 12.6. The number of halogens is 2. The first-order valence-electron chi connectivity index (χ1n) is 19.0. The fraction of sp³-hybridized carbons (Fsp3) is 0.244. The van der Waals surface area contributed by atoms with Gasteiger partial charge in [0.1, 0.15) is 0 Å². The topological polar surface area (TPSA) is 96.3 Å². The molecule has 0 unspecified atom stereocenters. The smallest absolute Gasteiger partial charge is 0.257 e. The molecule has 2 aliphatic rings. The second kappa shape index (κ2) is 17.6. The predicted octanol–water partition coefficient (Wildman–Crippen LogP) is 10.8. The molecule has 4 N–H and O–H groups in total. The molecule has 0 atom stereocenters. The van der Waals surface area contributed by atoms with Crippen molar-refractivity contribution in [2.75, 3.05) is 49.9 Å². The molecule has 8 nitrogen and oxygen atoms in total. The fourth-order valence-electron chi connectivity index (χ4n) is 7.33. The Kier molecular flexibility index (Phi) is 12.2. The van der Waals surface area contributed by atoms with Crippen LogP contribution in [0.2, 0.25) is 10.0 Å². The molecule has 0 saturated heterocycles. The second-order valence-electron chi connectivity index (χ2n) is 13.9. The summed E-state index contributed by atoms with van der Waals surface area (Å²) in [5, 5.41) is 9.09. The van der Waals surface area contributed by atoms with Gasteiger partial charge in [0.25, 0.3) is 11.8 Å². The number of aromatic nitrogens is 2. The molecule has 0 saturated carbocycles. The second-order valence-corrected chi connectivity index (χ2v) is 14.8. The summed E-state index contributed by atoms with van der Waals surface area (Å²) in [4.78, 5) is 36.7. The Bertz CT molecular complexity index is 2390. The number of nitrogens with zero attached hydrogens (tertiary/aromatic N) is 2. The Balaban J connectivity index is 0.000000169. The minimum absolute atomic E-state index is 0.200. The lowest BCUT2D eigenvalue weighted by atomic mass is 9.98. The highest BCUT2D eigenvalue weighted by molar-refractivity contribution is 6.35. The molecule has 0 aliphatic carbocycles. The first-order valence-corrected chi connectivity index (χ1v) is 19.7. The van der Waals surface area contributed by atoms with E-state index in [0.717, 1.165) is 85.3 Å². The Morgan fingerprint density at radius 2 is 1.13 bits per heavy atom. The van der Waals surface area contributed by atoms with Crippen molar-refractivity contribution < 1.29 is 9.59 Å². The number of H-pyrrole nitrogens is 2. The van der Waals surface area contributed by atoms with E-state index in [1.165, 1.54) is 28.7 Å². The van der Waals surface area contributed by atoms with Crippen LogP contribution < -0.4 is 10.6 Å². The van der Waals surface area contributed by atoms with Crippen molar-refractivity contribution >= 4 is 79.3 Å². The summed E-state index contributed by atoms with van der Waals surface area (Å²) in [7, 11) is 0. The van der Waals surface area contributed by atoms with E-state index in [0.29, 0.717) is 21.2 Å². The molecule has 0 radical (unpaired) electrons. The molecule has 2 aliphatic heterocycles. The Hall–Kier alpha value is -5.12. The van der Waals surface area contributed by atoms with Gasteiger partial charge >= 0.3 is 0 Å². The van der Waals surface area contributed by atoms with Crippen LogP contribution in [0.5, 0.6) is 0 Å². The van der Waals surface area contributed by atoms with Crippen molar-refractivity contribution in [3.8, 4) is 0 Å². The SMILES string of the molecule is CCCN1CC=C(c2c[nH]c3ccc(NC(=O)c4ccccc4Cl)cc23)CC1.CCN1CC=C(c2c[nH]c3ccc(NC(=O)c4ccccc4Cl)cc23)CC1. The van der Waals surface area contributed by atoms with Gasteiger partial charge in [0.15, 0.2) is 0 Å². The van der Waals surface area contributed by atoms with Crippen LogP contribution in [-0.2, 0) is 0 Å². The van der Waals surface area contributed by atoms with Gasteiger partial charge < -0.3 is 20.6 Å². The standard InChI is InChI=1S/C23H24ClN3O.C22H22ClN3O/c1-2-11-27-12-9-16(10-13-27)20-15-25-22-8-7-17(14-19(20)22)26-23(28)18-5-3-4-6-21(18)24;1-2-26-11-9-15(10-12-26)19-14-24-21-8-7-16(13-18(19)21)25-22(27)17-5-3-4-6-20(17)23/h3-9,14-15,25H,2,10-13H2,1H3,(H,26,28);3-9,13-14,24H,2,10-12H2,1H3,(H,25,27). The Labute approximate surface area is 332 Å². The lowest BCUT2D eigenvalue weighted by molar-refractivity contribution is 0.101. The van der Waals surface area contributed by atoms with E-state index in [2.05, 4.69) is 68.8 Å². The third-order valence-corrected chi connectivity index (χ3v) is 11.0. The van der Waals surface area contributed by atoms with Gasteiger partial charge in [-0.2, -0.15) is 0 Å². The molecular formula is C45H46Cl2N6O2. The number of carbonyl (C=O) groups is 2. The number of amides is 2. The zero-order valence-electron chi connectivity index (χ0n) is 31.2. The largest absolute Gasteiger partial charge is 0.361 e. The monoisotopic (exact) mass is 772 g/mol. The third-order valence-electron chi connectivity index (χ3n) is 10.4. The fourth-order valence-corrected chi connectivity index (χ4v) is 7.78. The predicted molar refractivity (Wildman–Crippen MR) is 229 cm³/mol. The van der Waals surface area contributed by atoms with Crippen LogP contribution in [0, 0.1) is 0 Å². The molecule has 0 spiro atoms. The van der Waals surface area contributed by atoms with Crippen LogP contribution in [0.25, 0.3) is 33.0 Å². The van der Waals surface area contributed by atoms with E-state index in [1.54, 1.807) is 24.3 Å². The van der Waals surface area contributed by atoms with E-state index in [4.69, 9.17) is 23.2 Å². The van der Waals surface area contributed by atoms with Crippen LogP contribution in [0.1, 0.15) is 65.0 Å². The molecule has 8 rings (SSSR count). The number of likely N-dealkylation sites (N-methyl/N-ethyl adjacent to an activating group) is 1. The van der Waals surface area contributed by atoms with Gasteiger partial charge in [-0.15, -0.1) is 0 Å². The number of fused-ring (bicyclic) bond motifs is 2. The number of carbonyl (C=O) groups excluding carboxylic acids is 2. The van der Waals surface area contributed by atoms with Crippen molar-refractivity contribution in [1.82, 2.24) is 19.8 Å².